The zero-order valence-corrected chi connectivity index (χ0v) is 9.44. The molecule has 0 aliphatic heterocycles. The Kier molecular flexibility index (Phi) is 4.66. The van der Waals surface area contributed by atoms with Gasteiger partial charge < -0.3 is 11.1 Å². The lowest BCUT2D eigenvalue weighted by atomic mass is 10.2. The maximum Gasteiger partial charge on any atom is 0.237 e. The van der Waals surface area contributed by atoms with E-state index in [1.165, 1.54) is 0 Å². The molecule has 0 radical (unpaired) electrons. The Morgan fingerprint density at radius 3 is 3.06 bits per heavy atom. The average Bonchev–Trinajstić information content (AvgIpc) is 2.26. The highest BCUT2D eigenvalue weighted by atomic mass is 16.2. The van der Waals surface area contributed by atoms with Crippen molar-refractivity contribution in [2.75, 3.05) is 0 Å². The van der Waals surface area contributed by atoms with Crippen LogP contribution in [0.3, 0.4) is 0 Å². The number of carbonyl (C=O) groups is 1. The van der Waals surface area contributed by atoms with Crippen LogP contribution in [0.25, 0.3) is 0 Å². The topological polar surface area (TPSA) is 68.0 Å². The normalized spacial score (nSPS) is 11.9. The van der Waals surface area contributed by atoms with Crippen molar-refractivity contribution in [1.82, 2.24) is 10.3 Å². The fraction of sp³-hybridized carbons (Fsp3) is 0.333. The molecule has 4 heteroatoms. The summed E-state index contributed by atoms with van der Waals surface area (Å²) >= 11 is 0. The molecule has 0 aliphatic carbocycles. The van der Waals surface area contributed by atoms with Gasteiger partial charge in [0.2, 0.25) is 5.91 Å². The van der Waals surface area contributed by atoms with E-state index in [1.807, 2.05) is 25.1 Å². The van der Waals surface area contributed by atoms with Crippen molar-refractivity contribution in [2.45, 2.75) is 25.9 Å². The average molecular weight is 219 g/mol. The molecule has 0 aliphatic rings. The monoisotopic (exact) mass is 219 g/mol. The van der Waals surface area contributed by atoms with Crippen LogP contribution in [0.2, 0.25) is 0 Å². The maximum absolute atomic E-state index is 11.5. The summed E-state index contributed by atoms with van der Waals surface area (Å²) in [4.78, 5) is 15.8. The second kappa shape index (κ2) is 6.02. The molecule has 0 saturated carbocycles. The molecule has 4 nitrogen and oxygen atoms in total. The minimum absolute atomic E-state index is 0.178. The number of hydrogen-bond donors (Lipinski definition) is 2. The molecule has 3 N–H and O–H groups in total. The minimum Gasteiger partial charge on any atom is -0.349 e. The first-order chi connectivity index (χ1) is 7.63. The zero-order chi connectivity index (χ0) is 12.0. The summed E-state index contributed by atoms with van der Waals surface area (Å²) in [5.41, 5.74) is 7.38. The van der Waals surface area contributed by atoms with Crippen molar-refractivity contribution in [2.24, 2.45) is 5.73 Å². The van der Waals surface area contributed by atoms with Gasteiger partial charge in [0, 0.05) is 5.69 Å². The fourth-order valence-electron chi connectivity index (χ4n) is 1.29. The number of aromatic nitrogens is 1. The molecular weight excluding hydrogens is 202 g/mol. The standard InChI is InChI=1S/C12H17N3O/c1-3-5-11(13)12(16)14-8-10-7-4-6-9(2)15-10/h3-4,6-7,11H,1,5,8,13H2,2H3,(H,14,16). The SMILES string of the molecule is C=CCC(N)C(=O)NCc1cccc(C)n1. The molecule has 86 valence electrons. The quantitative estimate of drug-likeness (QED) is 0.723. The second-order valence-electron chi connectivity index (χ2n) is 3.62. The predicted octanol–water partition coefficient (Wildman–Crippen LogP) is 0.910. The molecule has 1 heterocycles. The number of amides is 1. The fourth-order valence-corrected chi connectivity index (χ4v) is 1.29. The van der Waals surface area contributed by atoms with Crippen molar-refractivity contribution in [3.8, 4) is 0 Å². The number of hydrogen-bond acceptors (Lipinski definition) is 3. The number of carbonyl (C=O) groups excluding carboxylic acids is 1. The molecule has 1 unspecified atom stereocenters. The molecule has 0 bridgehead atoms. The van der Waals surface area contributed by atoms with E-state index in [0.717, 1.165) is 11.4 Å². The smallest absolute Gasteiger partial charge is 0.237 e. The Hall–Kier alpha value is -1.68. The summed E-state index contributed by atoms with van der Waals surface area (Å²) in [6.07, 6.45) is 2.11. The minimum atomic E-state index is -0.526. The third kappa shape index (κ3) is 3.82. The number of aryl methyl sites for hydroxylation is 1. The Bertz CT molecular complexity index is 376. The van der Waals surface area contributed by atoms with Gasteiger partial charge in [0.1, 0.15) is 0 Å². The van der Waals surface area contributed by atoms with Gasteiger partial charge in [-0.2, -0.15) is 0 Å². The van der Waals surface area contributed by atoms with Gasteiger partial charge >= 0.3 is 0 Å². The molecule has 0 spiro atoms. The van der Waals surface area contributed by atoms with Crippen molar-refractivity contribution < 1.29 is 4.79 Å². The van der Waals surface area contributed by atoms with Gasteiger partial charge in [-0.1, -0.05) is 12.1 Å². The van der Waals surface area contributed by atoms with E-state index in [9.17, 15) is 4.79 Å². The lowest BCUT2D eigenvalue weighted by Crippen LogP contribution is -2.39. The lowest BCUT2D eigenvalue weighted by Gasteiger charge is -2.09. The van der Waals surface area contributed by atoms with Crippen molar-refractivity contribution in [1.29, 1.82) is 0 Å². The first kappa shape index (κ1) is 12.4. The van der Waals surface area contributed by atoms with Gasteiger partial charge in [-0.15, -0.1) is 6.58 Å². The van der Waals surface area contributed by atoms with Gasteiger partial charge in [-0.25, -0.2) is 0 Å². The molecule has 1 rings (SSSR count). The van der Waals surface area contributed by atoms with Crippen LogP contribution in [0.15, 0.2) is 30.9 Å². The van der Waals surface area contributed by atoms with Crippen molar-refractivity contribution >= 4 is 5.91 Å². The highest BCUT2D eigenvalue weighted by Gasteiger charge is 2.10. The molecule has 1 aromatic heterocycles. The molecule has 1 aromatic rings. The zero-order valence-electron chi connectivity index (χ0n) is 9.44. The van der Waals surface area contributed by atoms with Crippen LogP contribution in [0.4, 0.5) is 0 Å². The van der Waals surface area contributed by atoms with Crippen LogP contribution in [0, 0.1) is 6.92 Å². The van der Waals surface area contributed by atoms with Gasteiger partial charge in [-0.3, -0.25) is 9.78 Å². The highest BCUT2D eigenvalue weighted by molar-refractivity contribution is 5.81. The summed E-state index contributed by atoms with van der Waals surface area (Å²) in [7, 11) is 0. The lowest BCUT2D eigenvalue weighted by molar-refractivity contribution is -0.122. The summed E-state index contributed by atoms with van der Waals surface area (Å²) in [5.74, 6) is -0.178. The first-order valence-corrected chi connectivity index (χ1v) is 5.20. The maximum atomic E-state index is 11.5. The summed E-state index contributed by atoms with van der Waals surface area (Å²) in [6, 6.07) is 5.16. The van der Waals surface area contributed by atoms with Crippen LogP contribution in [-0.4, -0.2) is 16.9 Å². The van der Waals surface area contributed by atoms with Crippen LogP contribution in [-0.2, 0) is 11.3 Å². The number of pyridine rings is 1. The van der Waals surface area contributed by atoms with E-state index in [-0.39, 0.29) is 5.91 Å². The van der Waals surface area contributed by atoms with E-state index in [4.69, 9.17) is 5.73 Å². The van der Waals surface area contributed by atoms with E-state index in [1.54, 1.807) is 6.08 Å². The predicted molar refractivity (Wildman–Crippen MR) is 63.6 cm³/mol. The molecule has 0 aromatic carbocycles. The van der Waals surface area contributed by atoms with E-state index < -0.39 is 6.04 Å². The second-order valence-corrected chi connectivity index (χ2v) is 3.62. The Morgan fingerprint density at radius 2 is 2.44 bits per heavy atom. The number of nitrogens with two attached hydrogens (primary N) is 1. The van der Waals surface area contributed by atoms with E-state index in [0.29, 0.717) is 13.0 Å². The Morgan fingerprint density at radius 1 is 1.69 bits per heavy atom. The van der Waals surface area contributed by atoms with Crippen LogP contribution in [0.1, 0.15) is 17.8 Å². The van der Waals surface area contributed by atoms with Gasteiger partial charge in [0.05, 0.1) is 18.3 Å². The Balaban J connectivity index is 2.45. The number of rotatable bonds is 5. The number of nitrogens with one attached hydrogen (secondary N) is 1. The van der Waals surface area contributed by atoms with Crippen molar-refractivity contribution in [3.63, 3.8) is 0 Å². The van der Waals surface area contributed by atoms with E-state index >= 15 is 0 Å². The molecular formula is C12H17N3O. The van der Waals surface area contributed by atoms with Crippen LogP contribution >= 0.6 is 0 Å². The third-order valence-electron chi connectivity index (χ3n) is 2.15. The summed E-state index contributed by atoms with van der Waals surface area (Å²) in [6.45, 7) is 5.86. The number of nitrogens with zero attached hydrogens (tertiary/aromatic N) is 1. The summed E-state index contributed by atoms with van der Waals surface area (Å²) < 4.78 is 0. The molecule has 16 heavy (non-hydrogen) atoms. The molecule has 1 amide bonds. The van der Waals surface area contributed by atoms with Crippen LogP contribution < -0.4 is 11.1 Å². The Labute approximate surface area is 95.6 Å². The highest BCUT2D eigenvalue weighted by Crippen LogP contribution is 1.98. The van der Waals surface area contributed by atoms with E-state index in [2.05, 4.69) is 16.9 Å². The van der Waals surface area contributed by atoms with Gasteiger partial charge in [0.25, 0.3) is 0 Å². The molecule has 1 atom stereocenters. The van der Waals surface area contributed by atoms with Crippen molar-refractivity contribution in [3.05, 3.63) is 42.2 Å². The molecule has 0 saturated heterocycles. The largest absolute Gasteiger partial charge is 0.349 e. The summed E-state index contributed by atoms with van der Waals surface area (Å²) in [5, 5.41) is 2.74. The van der Waals surface area contributed by atoms with Gasteiger partial charge in [0.15, 0.2) is 0 Å². The van der Waals surface area contributed by atoms with Crippen LogP contribution in [0.5, 0.6) is 0 Å². The molecule has 0 fully saturated rings. The van der Waals surface area contributed by atoms with Gasteiger partial charge in [-0.05, 0) is 25.5 Å². The first-order valence-electron chi connectivity index (χ1n) is 5.20. The third-order valence-corrected chi connectivity index (χ3v) is 2.15.